The van der Waals surface area contributed by atoms with Crippen LogP contribution in [0.2, 0.25) is 0 Å². The number of rotatable bonds is 5. The fraction of sp³-hybridized carbons (Fsp3) is 0.357. The minimum Gasteiger partial charge on any atom is -0.466 e. The number of esters is 1. The van der Waals surface area contributed by atoms with Crippen molar-refractivity contribution in [2.45, 2.75) is 44.7 Å². The van der Waals surface area contributed by atoms with Crippen LogP contribution < -0.4 is 10.6 Å². The Morgan fingerprint density at radius 3 is 2.60 bits per heavy atom. The van der Waals surface area contributed by atoms with E-state index in [-0.39, 0.29) is 24.0 Å². The Bertz CT molecular complexity index is 1210. The third-order valence-electron chi connectivity index (χ3n) is 7.10. The molecule has 0 saturated carbocycles. The molecule has 7 heteroatoms. The SMILES string of the molecule is CCOC(=O)CC(NC(=O)N1CCC2(CC1)Nc1cc(C)ccc1-n1cccc12)c1ccccc1. The summed E-state index contributed by atoms with van der Waals surface area (Å²) < 4.78 is 7.41. The number of ether oxygens (including phenoxy) is 1. The molecule has 0 bridgehead atoms. The molecule has 2 amide bonds. The van der Waals surface area contributed by atoms with Crippen molar-refractivity contribution in [3.8, 4) is 5.69 Å². The first-order valence-electron chi connectivity index (χ1n) is 12.3. The van der Waals surface area contributed by atoms with Crippen LogP contribution >= 0.6 is 0 Å². The molecule has 3 heterocycles. The first-order valence-corrected chi connectivity index (χ1v) is 12.3. The second-order valence-corrected chi connectivity index (χ2v) is 9.40. The van der Waals surface area contributed by atoms with E-state index in [1.807, 2.05) is 35.2 Å². The lowest BCUT2D eigenvalue weighted by Gasteiger charge is -2.46. The van der Waals surface area contributed by atoms with Gasteiger partial charge in [-0.05, 0) is 62.1 Å². The summed E-state index contributed by atoms with van der Waals surface area (Å²) in [5.74, 6) is -0.319. The van der Waals surface area contributed by atoms with Crippen molar-refractivity contribution in [1.82, 2.24) is 14.8 Å². The molecule has 1 aromatic heterocycles. The Balaban J connectivity index is 1.30. The number of likely N-dealkylation sites (tertiary alicyclic amines) is 1. The van der Waals surface area contributed by atoms with Crippen molar-refractivity contribution in [1.29, 1.82) is 0 Å². The van der Waals surface area contributed by atoms with E-state index >= 15 is 0 Å². The molecule has 35 heavy (non-hydrogen) atoms. The monoisotopic (exact) mass is 472 g/mol. The summed E-state index contributed by atoms with van der Waals surface area (Å²) in [6.07, 6.45) is 3.81. The van der Waals surface area contributed by atoms with Crippen LogP contribution in [0.1, 0.15) is 49.0 Å². The molecule has 7 nitrogen and oxygen atoms in total. The third-order valence-corrected chi connectivity index (χ3v) is 7.10. The number of aryl methyl sites for hydroxylation is 1. The number of hydrogen-bond acceptors (Lipinski definition) is 4. The van der Waals surface area contributed by atoms with Gasteiger partial charge in [0, 0.05) is 25.0 Å². The van der Waals surface area contributed by atoms with Crippen molar-refractivity contribution < 1.29 is 14.3 Å². The van der Waals surface area contributed by atoms with E-state index in [0.29, 0.717) is 19.7 Å². The van der Waals surface area contributed by atoms with Gasteiger partial charge in [0.1, 0.15) is 0 Å². The van der Waals surface area contributed by atoms with E-state index in [1.54, 1.807) is 6.92 Å². The summed E-state index contributed by atoms with van der Waals surface area (Å²) in [5.41, 5.74) is 5.41. The van der Waals surface area contributed by atoms with E-state index in [1.165, 1.54) is 11.3 Å². The van der Waals surface area contributed by atoms with E-state index in [4.69, 9.17) is 4.74 Å². The van der Waals surface area contributed by atoms with Gasteiger partial charge in [0.05, 0.1) is 36.0 Å². The zero-order valence-corrected chi connectivity index (χ0v) is 20.3. The Labute approximate surface area is 206 Å². The third kappa shape index (κ3) is 4.50. The lowest BCUT2D eigenvalue weighted by Crippen LogP contribution is -2.53. The molecule has 0 radical (unpaired) electrons. The van der Waals surface area contributed by atoms with Gasteiger partial charge in [-0.1, -0.05) is 36.4 Å². The van der Waals surface area contributed by atoms with Gasteiger partial charge in [-0.25, -0.2) is 4.79 Å². The lowest BCUT2D eigenvalue weighted by molar-refractivity contribution is -0.143. The van der Waals surface area contributed by atoms with Crippen LogP contribution in [0.5, 0.6) is 0 Å². The maximum atomic E-state index is 13.3. The van der Waals surface area contributed by atoms with Crippen molar-refractivity contribution >= 4 is 17.7 Å². The Morgan fingerprint density at radius 1 is 1.09 bits per heavy atom. The second kappa shape index (κ2) is 9.49. The summed E-state index contributed by atoms with van der Waals surface area (Å²) >= 11 is 0. The van der Waals surface area contributed by atoms with Gasteiger partial charge in [0.15, 0.2) is 0 Å². The molecule has 2 N–H and O–H groups in total. The molecule has 2 aliphatic rings. The molecule has 3 aromatic rings. The van der Waals surface area contributed by atoms with Crippen LogP contribution in [0.15, 0.2) is 66.9 Å². The van der Waals surface area contributed by atoms with Crippen molar-refractivity contribution in [2.75, 3.05) is 25.0 Å². The highest BCUT2D eigenvalue weighted by Gasteiger charge is 2.42. The quantitative estimate of drug-likeness (QED) is 0.518. The average molecular weight is 473 g/mol. The highest BCUT2D eigenvalue weighted by atomic mass is 16.5. The fourth-order valence-electron chi connectivity index (χ4n) is 5.30. The summed E-state index contributed by atoms with van der Waals surface area (Å²) in [5, 5.41) is 6.90. The van der Waals surface area contributed by atoms with Gasteiger partial charge in [0.25, 0.3) is 0 Å². The van der Waals surface area contributed by atoms with Crippen molar-refractivity contribution in [3.63, 3.8) is 0 Å². The van der Waals surface area contributed by atoms with Gasteiger partial charge >= 0.3 is 12.0 Å². The molecular formula is C28H32N4O3. The van der Waals surface area contributed by atoms with Crippen LogP contribution in [0.4, 0.5) is 10.5 Å². The number of benzene rings is 2. The maximum Gasteiger partial charge on any atom is 0.317 e. The standard InChI is InChI=1S/C28H32N4O3/c1-3-35-26(33)19-22(21-8-5-4-6-9-21)29-27(34)31-16-13-28(14-17-31)25-10-7-15-32(25)24-12-11-20(2)18-23(24)30-28/h4-12,15,18,22,30H,3,13-14,16-17,19H2,1-2H3,(H,29,34). The molecular weight excluding hydrogens is 440 g/mol. The second-order valence-electron chi connectivity index (χ2n) is 9.40. The summed E-state index contributed by atoms with van der Waals surface area (Å²) in [7, 11) is 0. The number of carbonyl (C=O) groups excluding carboxylic acids is 2. The molecule has 1 atom stereocenters. The molecule has 2 aliphatic heterocycles. The maximum absolute atomic E-state index is 13.3. The van der Waals surface area contributed by atoms with Gasteiger partial charge in [-0.2, -0.15) is 0 Å². The Morgan fingerprint density at radius 2 is 1.86 bits per heavy atom. The fourth-order valence-corrected chi connectivity index (χ4v) is 5.30. The number of urea groups is 1. The normalized spacial score (nSPS) is 16.6. The first kappa shape index (κ1) is 23.0. The van der Waals surface area contributed by atoms with Crippen molar-refractivity contribution in [2.24, 2.45) is 0 Å². The number of aromatic nitrogens is 1. The van der Waals surface area contributed by atoms with Gasteiger partial charge < -0.3 is 24.8 Å². The highest BCUT2D eigenvalue weighted by Crippen LogP contribution is 2.43. The minimum absolute atomic E-state index is 0.104. The molecule has 2 aromatic carbocycles. The number of amides is 2. The number of fused-ring (bicyclic) bond motifs is 4. The number of anilines is 1. The van der Waals surface area contributed by atoms with Gasteiger partial charge in [-0.15, -0.1) is 0 Å². The van der Waals surface area contributed by atoms with E-state index in [0.717, 1.165) is 29.8 Å². The van der Waals surface area contributed by atoms with E-state index < -0.39 is 6.04 Å². The van der Waals surface area contributed by atoms with E-state index in [2.05, 4.69) is 58.7 Å². The number of nitrogens with zero attached hydrogens (tertiary/aromatic N) is 2. The topological polar surface area (TPSA) is 75.6 Å². The molecule has 1 unspecified atom stereocenters. The number of nitrogens with one attached hydrogen (secondary N) is 2. The molecule has 1 fully saturated rings. The largest absolute Gasteiger partial charge is 0.466 e. The molecule has 182 valence electrons. The molecule has 5 rings (SSSR count). The van der Waals surface area contributed by atoms with Crippen LogP contribution in [0.3, 0.4) is 0 Å². The first-order chi connectivity index (χ1) is 17.0. The average Bonchev–Trinajstić information content (AvgIpc) is 3.36. The zero-order valence-electron chi connectivity index (χ0n) is 20.3. The smallest absolute Gasteiger partial charge is 0.317 e. The number of hydrogen-bond donors (Lipinski definition) is 2. The van der Waals surface area contributed by atoms with Crippen LogP contribution in [-0.2, 0) is 15.1 Å². The van der Waals surface area contributed by atoms with E-state index in [9.17, 15) is 9.59 Å². The zero-order chi connectivity index (χ0) is 24.4. The lowest BCUT2D eigenvalue weighted by atomic mass is 9.82. The predicted octanol–water partition coefficient (Wildman–Crippen LogP) is 4.91. The molecule has 0 aliphatic carbocycles. The van der Waals surface area contributed by atoms with Crippen LogP contribution in [0.25, 0.3) is 5.69 Å². The summed E-state index contributed by atoms with van der Waals surface area (Å²) in [6.45, 7) is 5.44. The summed E-state index contributed by atoms with van der Waals surface area (Å²) in [6, 6.07) is 19.8. The molecule has 1 saturated heterocycles. The van der Waals surface area contributed by atoms with Gasteiger partial charge in [-0.3, -0.25) is 4.79 Å². The number of carbonyl (C=O) groups is 2. The van der Waals surface area contributed by atoms with Crippen molar-refractivity contribution in [3.05, 3.63) is 83.7 Å². The van der Waals surface area contributed by atoms with Crippen LogP contribution in [0, 0.1) is 6.92 Å². The number of piperidine rings is 1. The Hall–Kier alpha value is -3.74. The minimum atomic E-state index is -0.432. The highest BCUT2D eigenvalue weighted by molar-refractivity contribution is 5.77. The van der Waals surface area contributed by atoms with Crippen LogP contribution in [-0.4, -0.2) is 41.2 Å². The predicted molar refractivity (Wildman–Crippen MR) is 136 cm³/mol. The summed E-state index contributed by atoms with van der Waals surface area (Å²) in [4.78, 5) is 27.3. The van der Waals surface area contributed by atoms with Gasteiger partial charge in [0.2, 0.25) is 0 Å². The molecule has 1 spiro atoms. The Kier molecular flexibility index (Phi) is 6.24.